The van der Waals surface area contributed by atoms with Gasteiger partial charge in [0.2, 0.25) is 0 Å². The summed E-state index contributed by atoms with van der Waals surface area (Å²) >= 11 is 0. The molecule has 0 aromatic carbocycles. The first-order valence-electron chi connectivity index (χ1n) is 5.89. The third kappa shape index (κ3) is 2.66. The van der Waals surface area contributed by atoms with E-state index in [-0.39, 0.29) is 5.97 Å². The molecule has 1 aromatic heterocycles. The molecule has 2 rings (SSSR count). The average molecular weight is 237 g/mol. The van der Waals surface area contributed by atoms with E-state index in [1.807, 2.05) is 26.4 Å². The second-order valence-electron chi connectivity index (χ2n) is 4.99. The zero-order valence-electron chi connectivity index (χ0n) is 10.6. The van der Waals surface area contributed by atoms with Crippen molar-refractivity contribution in [1.29, 1.82) is 0 Å². The van der Waals surface area contributed by atoms with E-state index in [9.17, 15) is 4.79 Å². The van der Waals surface area contributed by atoms with Gasteiger partial charge in [-0.25, -0.2) is 4.98 Å². The summed E-state index contributed by atoms with van der Waals surface area (Å²) in [6.45, 7) is 4.26. The van der Waals surface area contributed by atoms with Crippen molar-refractivity contribution in [3.63, 3.8) is 0 Å². The highest BCUT2D eigenvalue weighted by Crippen LogP contribution is 2.35. The zero-order chi connectivity index (χ0) is 12.5. The van der Waals surface area contributed by atoms with Crippen molar-refractivity contribution in [3.8, 4) is 0 Å². The Morgan fingerprint density at radius 3 is 2.94 bits per heavy atom. The third-order valence-corrected chi connectivity index (χ3v) is 3.09. The van der Waals surface area contributed by atoms with Gasteiger partial charge < -0.3 is 9.30 Å². The molecule has 0 radical (unpaired) electrons. The minimum Gasteiger partial charge on any atom is -0.468 e. The van der Waals surface area contributed by atoms with Crippen LogP contribution in [-0.4, -0.2) is 28.2 Å². The summed E-state index contributed by atoms with van der Waals surface area (Å²) in [5.41, 5.74) is 0.442. The Morgan fingerprint density at radius 2 is 2.35 bits per heavy atom. The maximum atomic E-state index is 11.5. The monoisotopic (exact) mass is 237 g/mol. The number of aromatic nitrogens is 2. The quantitative estimate of drug-likeness (QED) is 0.783. The molecule has 1 heterocycles. The normalized spacial score (nSPS) is 15.9. The van der Waals surface area contributed by atoms with Gasteiger partial charge in [-0.2, -0.15) is 0 Å². The van der Waals surface area contributed by atoms with Crippen molar-refractivity contribution < 1.29 is 9.53 Å². The molecule has 0 atom stereocenters. The Morgan fingerprint density at radius 1 is 1.65 bits per heavy atom. The first-order chi connectivity index (χ1) is 8.04. The molecule has 1 aromatic rings. The van der Waals surface area contributed by atoms with Gasteiger partial charge in [0.15, 0.2) is 0 Å². The third-order valence-electron chi connectivity index (χ3n) is 3.09. The van der Waals surface area contributed by atoms with E-state index in [4.69, 9.17) is 4.74 Å². The molecule has 0 bridgehead atoms. The van der Waals surface area contributed by atoms with E-state index in [0.29, 0.717) is 12.6 Å². The Hall–Kier alpha value is -1.36. The van der Waals surface area contributed by atoms with Crippen molar-refractivity contribution in [1.82, 2.24) is 14.9 Å². The molecule has 0 saturated heterocycles. The predicted octanol–water partition coefficient (Wildman–Crippen LogP) is 1.26. The Labute approximate surface area is 101 Å². The van der Waals surface area contributed by atoms with E-state index in [1.54, 1.807) is 0 Å². The van der Waals surface area contributed by atoms with Crippen molar-refractivity contribution >= 4 is 5.97 Å². The highest BCUT2D eigenvalue weighted by atomic mass is 16.5. The summed E-state index contributed by atoms with van der Waals surface area (Å²) in [6, 6.07) is 0.607. The van der Waals surface area contributed by atoms with Crippen LogP contribution in [0, 0.1) is 0 Å². The highest BCUT2D eigenvalue weighted by Gasteiger charge is 2.29. The van der Waals surface area contributed by atoms with Gasteiger partial charge in [-0.05, 0) is 26.7 Å². The number of rotatable bonds is 5. The van der Waals surface area contributed by atoms with Crippen LogP contribution in [-0.2, 0) is 16.1 Å². The van der Waals surface area contributed by atoms with Gasteiger partial charge in [0.25, 0.3) is 0 Å². The molecule has 0 aliphatic heterocycles. The summed E-state index contributed by atoms with van der Waals surface area (Å²) in [5, 5.41) is 3.20. The summed E-state index contributed by atoms with van der Waals surface area (Å²) in [5.74, 6) is -0.255. The molecule has 1 N–H and O–H groups in total. The Balaban J connectivity index is 1.97. The minimum atomic E-state index is -0.673. The number of ether oxygens (including phenoxy) is 1. The second-order valence-corrected chi connectivity index (χ2v) is 4.99. The van der Waals surface area contributed by atoms with Crippen LogP contribution in [0.2, 0.25) is 0 Å². The summed E-state index contributed by atoms with van der Waals surface area (Å²) < 4.78 is 6.93. The van der Waals surface area contributed by atoms with E-state index < -0.39 is 5.54 Å². The van der Waals surface area contributed by atoms with E-state index in [2.05, 4.69) is 14.9 Å². The number of carbonyl (C=O) groups is 1. The number of hydrogen-bond acceptors (Lipinski definition) is 4. The highest BCUT2D eigenvalue weighted by molar-refractivity contribution is 5.79. The molecule has 0 amide bonds. The van der Waals surface area contributed by atoms with Crippen molar-refractivity contribution in [2.45, 2.75) is 44.8 Å². The van der Waals surface area contributed by atoms with Gasteiger partial charge in [-0.15, -0.1) is 0 Å². The van der Waals surface area contributed by atoms with Crippen molar-refractivity contribution in [2.75, 3.05) is 7.11 Å². The van der Waals surface area contributed by atoms with Crippen LogP contribution in [0.4, 0.5) is 0 Å². The lowest BCUT2D eigenvalue weighted by Gasteiger charge is -2.23. The number of hydrogen-bond donors (Lipinski definition) is 1. The summed E-state index contributed by atoms with van der Waals surface area (Å²) in [7, 11) is 1.40. The van der Waals surface area contributed by atoms with E-state index in [1.165, 1.54) is 20.0 Å². The predicted molar refractivity (Wildman–Crippen MR) is 63.4 cm³/mol. The van der Waals surface area contributed by atoms with Gasteiger partial charge in [0.1, 0.15) is 5.54 Å². The maximum Gasteiger partial charge on any atom is 0.325 e. The molecular weight excluding hydrogens is 218 g/mol. The molecule has 1 aliphatic carbocycles. The molecule has 1 saturated carbocycles. The fraction of sp³-hybridized carbons (Fsp3) is 0.667. The summed E-state index contributed by atoms with van der Waals surface area (Å²) in [6.07, 6.45) is 6.16. The molecule has 0 spiro atoms. The standard InChI is InChI=1S/C12H19N3O2/c1-12(2,11(16)17-3)14-7-10-6-13-8-15(10)9-4-5-9/h6,8-9,14H,4-5,7H2,1-3H3. The van der Waals surface area contributed by atoms with Crippen molar-refractivity contribution in [2.24, 2.45) is 0 Å². The first-order valence-corrected chi connectivity index (χ1v) is 5.89. The molecule has 5 heteroatoms. The number of methoxy groups -OCH3 is 1. The van der Waals surface area contributed by atoms with Gasteiger partial charge in [-0.3, -0.25) is 10.1 Å². The second kappa shape index (κ2) is 4.49. The molecule has 1 aliphatic rings. The first kappa shape index (κ1) is 12.1. The maximum absolute atomic E-state index is 11.5. The topological polar surface area (TPSA) is 56.1 Å². The molecule has 1 fully saturated rings. The smallest absolute Gasteiger partial charge is 0.325 e. The lowest BCUT2D eigenvalue weighted by Crippen LogP contribution is -2.47. The Kier molecular flexibility index (Phi) is 3.19. The number of imidazole rings is 1. The lowest BCUT2D eigenvalue weighted by atomic mass is 10.1. The van der Waals surface area contributed by atoms with Gasteiger partial charge in [-0.1, -0.05) is 0 Å². The van der Waals surface area contributed by atoms with E-state index >= 15 is 0 Å². The van der Waals surface area contributed by atoms with Gasteiger partial charge in [0.05, 0.1) is 19.1 Å². The fourth-order valence-corrected chi connectivity index (χ4v) is 1.79. The average Bonchev–Trinajstić information content (AvgIpc) is 3.04. The number of nitrogens with one attached hydrogen (secondary N) is 1. The van der Waals surface area contributed by atoms with Crippen LogP contribution in [0.25, 0.3) is 0 Å². The summed E-state index contributed by atoms with van der Waals surface area (Å²) in [4.78, 5) is 15.7. The molecule has 5 nitrogen and oxygen atoms in total. The van der Waals surface area contributed by atoms with Crippen LogP contribution >= 0.6 is 0 Å². The van der Waals surface area contributed by atoms with Crippen LogP contribution in [0.15, 0.2) is 12.5 Å². The van der Waals surface area contributed by atoms with Gasteiger partial charge >= 0.3 is 5.97 Å². The molecule has 0 unspecified atom stereocenters. The number of esters is 1. The van der Waals surface area contributed by atoms with Crippen LogP contribution in [0.3, 0.4) is 0 Å². The fourth-order valence-electron chi connectivity index (χ4n) is 1.79. The van der Waals surface area contributed by atoms with Crippen LogP contribution in [0.1, 0.15) is 38.4 Å². The Bertz CT molecular complexity index is 408. The van der Waals surface area contributed by atoms with Crippen LogP contribution in [0.5, 0.6) is 0 Å². The van der Waals surface area contributed by atoms with Crippen molar-refractivity contribution in [3.05, 3.63) is 18.2 Å². The number of carbonyl (C=O) groups excluding carboxylic acids is 1. The molecule has 17 heavy (non-hydrogen) atoms. The molecular formula is C12H19N3O2. The van der Waals surface area contributed by atoms with E-state index in [0.717, 1.165) is 5.69 Å². The number of nitrogens with zero attached hydrogens (tertiary/aromatic N) is 2. The molecule has 94 valence electrons. The zero-order valence-corrected chi connectivity index (χ0v) is 10.6. The minimum absolute atomic E-state index is 0.255. The lowest BCUT2D eigenvalue weighted by molar-refractivity contribution is -0.147. The SMILES string of the molecule is COC(=O)C(C)(C)NCc1cncn1C1CC1. The van der Waals surface area contributed by atoms with Crippen LogP contribution < -0.4 is 5.32 Å². The van der Waals surface area contributed by atoms with Gasteiger partial charge in [0, 0.05) is 18.8 Å². The largest absolute Gasteiger partial charge is 0.468 e.